The molecule has 1 atom stereocenters. The van der Waals surface area contributed by atoms with Crippen molar-refractivity contribution in [2.45, 2.75) is 13.8 Å². The summed E-state index contributed by atoms with van der Waals surface area (Å²) in [5.74, 6) is -3.23. The van der Waals surface area contributed by atoms with E-state index in [9.17, 15) is 19.2 Å². The van der Waals surface area contributed by atoms with Crippen molar-refractivity contribution in [3.63, 3.8) is 0 Å². The third-order valence-corrected chi connectivity index (χ3v) is 3.21. The molecule has 2 rings (SSSR count). The highest BCUT2D eigenvalue weighted by Crippen LogP contribution is 2.33. The van der Waals surface area contributed by atoms with Crippen LogP contribution in [0.1, 0.15) is 34.6 Å². The number of amides is 2. The van der Waals surface area contributed by atoms with E-state index >= 15 is 0 Å². The molecule has 6 nitrogen and oxygen atoms in total. The second-order valence-corrected chi connectivity index (χ2v) is 4.94. The number of fused-ring (bicyclic) bond motifs is 1. The van der Waals surface area contributed by atoms with Crippen LogP contribution in [0.15, 0.2) is 18.2 Å². The average molecular weight is 274 g/mol. The molecule has 1 aromatic carbocycles. The summed E-state index contributed by atoms with van der Waals surface area (Å²) < 4.78 is 0. The lowest BCUT2D eigenvalue weighted by atomic mass is 9.91. The topological polar surface area (TPSA) is 106 Å². The van der Waals surface area contributed by atoms with Crippen LogP contribution in [0, 0.1) is 11.8 Å². The lowest BCUT2D eigenvalue weighted by molar-refractivity contribution is -0.123. The van der Waals surface area contributed by atoms with Gasteiger partial charge in [0.15, 0.2) is 17.3 Å². The third-order valence-electron chi connectivity index (χ3n) is 3.21. The van der Waals surface area contributed by atoms with Crippen LogP contribution in [0.25, 0.3) is 0 Å². The standard InChI is InChI=1S/C14H14N2O4/c1-6(2)11(17)10-12(18)7-4-3-5-8(16-14(15)20)9(7)13(10)19/h3-6,10H,1-2H3,(H3,15,16,20). The summed E-state index contributed by atoms with van der Waals surface area (Å²) in [6, 6.07) is 3.63. The molecule has 1 aromatic rings. The number of hydrogen-bond donors (Lipinski definition) is 2. The normalized spacial score (nSPS) is 17.2. The molecule has 0 saturated heterocycles. The van der Waals surface area contributed by atoms with Crippen LogP contribution in [0.3, 0.4) is 0 Å². The van der Waals surface area contributed by atoms with E-state index in [-0.39, 0.29) is 16.8 Å². The van der Waals surface area contributed by atoms with Gasteiger partial charge < -0.3 is 11.1 Å². The summed E-state index contributed by atoms with van der Waals surface area (Å²) in [5, 5.41) is 2.30. The first-order valence-electron chi connectivity index (χ1n) is 6.16. The fraction of sp³-hybridized carbons (Fsp3) is 0.286. The summed E-state index contributed by atoms with van der Waals surface area (Å²) >= 11 is 0. The monoisotopic (exact) mass is 274 g/mol. The Kier molecular flexibility index (Phi) is 3.40. The van der Waals surface area contributed by atoms with Gasteiger partial charge in [-0.15, -0.1) is 0 Å². The van der Waals surface area contributed by atoms with Crippen LogP contribution in [0.2, 0.25) is 0 Å². The van der Waals surface area contributed by atoms with Gasteiger partial charge in [-0.25, -0.2) is 4.79 Å². The molecular weight excluding hydrogens is 260 g/mol. The van der Waals surface area contributed by atoms with Gasteiger partial charge in [0.2, 0.25) is 0 Å². The van der Waals surface area contributed by atoms with Gasteiger partial charge in [0.25, 0.3) is 0 Å². The van der Waals surface area contributed by atoms with Crippen LogP contribution in [-0.2, 0) is 4.79 Å². The molecule has 6 heteroatoms. The maximum absolute atomic E-state index is 12.3. The maximum atomic E-state index is 12.3. The Morgan fingerprint density at radius 3 is 2.40 bits per heavy atom. The van der Waals surface area contributed by atoms with Gasteiger partial charge >= 0.3 is 6.03 Å². The lowest BCUT2D eigenvalue weighted by Crippen LogP contribution is -2.29. The summed E-state index contributed by atoms with van der Waals surface area (Å²) in [7, 11) is 0. The summed E-state index contributed by atoms with van der Waals surface area (Å²) in [4.78, 5) is 47.5. The fourth-order valence-corrected chi connectivity index (χ4v) is 2.27. The van der Waals surface area contributed by atoms with E-state index in [1.165, 1.54) is 18.2 Å². The second kappa shape index (κ2) is 4.88. The predicted molar refractivity (Wildman–Crippen MR) is 71.6 cm³/mol. The van der Waals surface area contributed by atoms with Crippen molar-refractivity contribution >= 4 is 29.1 Å². The zero-order chi connectivity index (χ0) is 15.0. The van der Waals surface area contributed by atoms with Crippen molar-refractivity contribution < 1.29 is 19.2 Å². The third kappa shape index (κ3) is 2.09. The van der Waals surface area contributed by atoms with Crippen molar-refractivity contribution in [3.8, 4) is 0 Å². The van der Waals surface area contributed by atoms with Crippen molar-refractivity contribution in [2.24, 2.45) is 17.6 Å². The SMILES string of the molecule is CC(C)C(=O)C1C(=O)c2cccc(NC(N)=O)c2C1=O. The lowest BCUT2D eigenvalue weighted by Gasteiger charge is -2.09. The van der Waals surface area contributed by atoms with Gasteiger partial charge in [0.1, 0.15) is 5.92 Å². The Morgan fingerprint density at radius 1 is 1.20 bits per heavy atom. The van der Waals surface area contributed by atoms with Crippen LogP contribution < -0.4 is 11.1 Å². The predicted octanol–water partition coefficient (Wildman–Crippen LogP) is 1.40. The number of rotatable bonds is 3. The van der Waals surface area contributed by atoms with Gasteiger partial charge in [0, 0.05) is 11.5 Å². The zero-order valence-electron chi connectivity index (χ0n) is 11.1. The minimum atomic E-state index is -1.30. The molecule has 0 radical (unpaired) electrons. The van der Waals surface area contributed by atoms with E-state index in [0.717, 1.165) is 0 Å². The molecule has 0 heterocycles. The van der Waals surface area contributed by atoms with Crippen molar-refractivity contribution in [2.75, 3.05) is 5.32 Å². The smallest absolute Gasteiger partial charge is 0.316 e. The van der Waals surface area contributed by atoms with Crippen LogP contribution >= 0.6 is 0 Å². The van der Waals surface area contributed by atoms with Crippen molar-refractivity contribution in [1.29, 1.82) is 0 Å². The maximum Gasteiger partial charge on any atom is 0.316 e. The van der Waals surface area contributed by atoms with Gasteiger partial charge in [-0.3, -0.25) is 14.4 Å². The van der Waals surface area contributed by atoms with Crippen LogP contribution in [-0.4, -0.2) is 23.4 Å². The van der Waals surface area contributed by atoms with Crippen LogP contribution in [0.5, 0.6) is 0 Å². The number of carbonyl (C=O) groups excluding carboxylic acids is 4. The summed E-state index contributed by atoms with van der Waals surface area (Å²) in [5.41, 5.74) is 5.41. The molecule has 104 valence electrons. The quantitative estimate of drug-likeness (QED) is 0.812. The first kappa shape index (κ1) is 13.9. The first-order valence-corrected chi connectivity index (χ1v) is 6.16. The molecular formula is C14H14N2O4. The number of hydrogen-bond acceptors (Lipinski definition) is 4. The molecule has 0 aromatic heterocycles. The molecule has 0 bridgehead atoms. The number of carbonyl (C=O) groups is 4. The Morgan fingerprint density at radius 2 is 1.85 bits per heavy atom. The number of ketones is 3. The Balaban J connectivity index is 2.51. The molecule has 0 saturated carbocycles. The molecule has 0 fully saturated rings. The molecule has 20 heavy (non-hydrogen) atoms. The molecule has 0 spiro atoms. The average Bonchev–Trinajstić information content (AvgIpc) is 2.61. The summed E-state index contributed by atoms with van der Waals surface area (Å²) in [6.45, 7) is 3.27. The van der Waals surface area contributed by atoms with Gasteiger partial charge in [0.05, 0.1) is 11.3 Å². The number of nitrogens with one attached hydrogen (secondary N) is 1. The number of benzene rings is 1. The Hall–Kier alpha value is -2.50. The highest BCUT2D eigenvalue weighted by atomic mass is 16.2. The van der Waals surface area contributed by atoms with Crippen molar-refractivity contribution in [3.05, 3.63) is 29.3 Å². The zero-order valence-corrected chi connectivity index (χ0v) is 11.1. The highest BCUT2D eigenvalue weighted by molar-refractivity contribution is 6.37. The molecule has 1 unspecified atom stereocenters. The number of primary amides is 1. The number of nitrogens with two attached hydrogens (primary N) is 1. The molecule has 1 aliphatic carbocycles. The molecule has 1 aliphatic rings. The highest BCUT2D eigenvalue weighted by Gasteiger charge is 2.45. The van der Waals surface area contributed by atoms with E-state index < -0.39 is 35.2 Å². The van der Waals surface area contributed by atoms with E-state index in [1.54, 1.807) is 13.8 Å². The van der Waals surface area contributed by atoms with Crippen LogP contribution in [0.4, 0.5) is 10.5 Å². The van der Waals surface area contributed by atoms with E-state index in [0.29, 0.717) is 0 Å². The first-order chi connectivity index (χ1) is 9.34. The molecule has 2 amide bonds. The second-order valence-electron chi connectivity index (χ2n) is 4.94. The number of urea groups is 1. The van der Waals surface area contributed by atoms with Gasteiger partial charge in [-0.1, -0.05) is 26.0 Å². The van der Waals surface area contributed by atoms with E-state index in [1.807, 2.05) is 0 Å². The number of anilines is 1. The largest absolute Gasteiger partial charge is 0.351 e. The van der Waals surface area contributed by atoms with Crippen molar-refractivity contribution in [1.82, 2.24) is 0 Å². The number of Topliss-reactive ketones (excluding diaryl/α,β-unsaturated/α-hetero) is 3. The van der Waals surface area contributed by atoms with E-state index in [4.69, 9.17) is 5.73 Å². The summed E-state index contributed by atoms with van der Waals surface area (Å²) in [6.07, 6.45) is 0. The Bertz CT molecular complexity index is 634. The minimum Gasteiger partial charge on any atom is -0.351 e. The Labute approximate surface area is 115 Å². The fourth-order valence-electron chi connectivity index (χ4n) is 2.27. The minimum absolute atomic E-state index is 0.0651. The molecule has 3 N–H and O–H groups in total. The van der Waals surface area contributed by atoms with E-state index in [2.05, 4.69) is 5.32 Å². The van der Waals surface area contributed by atoms with Gasteiger partial charge in [-0.2, -0.15) is 0 Å². The molecule has 0 aliphatic heterocycles. The van der Waals surface area contributed by atoms with Gasteiger partial charge in [-0.05, 0) is 6.07 Å².